The van der Waals surface area contributed by atoms with Crippen LogP contribution in [0.1, 0.15) is 5.56 Å². The molecule has 23 heavy (non-hydrogen) atoms. The van der Waals surface area contributed by atoms with Gasteiger partial charge in [-0.1, -0.05) is 0 Å². The van der Waals surface area contributed by atoms with Crippen LogP contribution in [0.2, 0.25) is 0 Å². The lowest BCUT2D eigenvalue weighted by molar-refractivity contribution is -0.0512. The third-order valence-electron chi connectivity index (χ3n) is 2.73. The van der Waals surface area contributed by atoms with Crippen LogP contribution >= 0.6 is 0 Å². The van der Waals surface area contributed by atoms with Gasteiger partial charge in [-0.05, 0) is 35.9 Å². The topological polar surface area (TPSA) is 42.8 Å². The highest BCUT2D eigenvalue weighted by Crippen LogP contribution is 2.29. The maximum absolute atomic E-state index is 13.4. The second-order valence-electron chi connectivity index (χ2n) is 4.28. The van der Waals surface area contributed by atoms with Gasteiger partial charge in [0.15, 0.2) is 17.3 Å². The highest BCUT2D eigenvalue weighted by atomic mass is 19.3. The van der Waals surface area contributed by atoms with Crippen molar-refractivity contribution in [3.8, 4) is 11.5 Å². The molecule has 2 rings (SSSR count). The molecule has 4 nitrogen and oxygen atoms in total. The molecular formula is C15H12F4N2O2. The van der Waals surface area contributed by atoms with E-state index in [1.807, 2.05) is 0 Å². The van der Waals surface area contributed by atoms with Crippen LogP contribution in [0.15, 0.2) is 41.5 Å². The van der Waals surface area contributed by atoms with Crippen molar-refractivity contribution in [2.24, 2.45) is 5.10 Å². The van der Waals surface area contributed by atoms with E-state index in [9.17, 15) is 17.6 Å². The van der Waals surface area contributed by atoms with Crippen molar-refractivity contribution < 1.29 is 27.0 Å². The Morgan fingerprint density at radius 2 is 1.87 bits per heavy atom. The lowest BCUT2D eigenvalue weighted by Crippen LogP contribution is -2.03. The highest BCUT2D eigenvalue weighted by molar-refractivity contribution is 5.81. The third kappa shape index (κ3) is 4.60. The van der Waals surface area contributed by atoms with E-state index in [1.54, 1.807) is 0 Å². The van der Waals surface area contributed by atoms with Crippen LogP contribution in [0.4, 0.5) is 23.2 Å². The number of nitrogens with zero attached hydrogens (tertiary/aromatic N) is 1. The van der Waals surface area contributed by atoms with Gasteiger partial charge in [-0.15, -0.1) is 0 Å². The number of hydrazone groups is 1. The summed E-state index contributed by atoms with van der Waals surface area (Å²) in [6.07, 6.45) is 1.32. The van der Waals surface area contributed by atoms with Crippen molar-refractivity contribution in [2.75, 3.05) is 12.5 Å². The predicted molar refractivity (Wildman–Crippen MR) is 77.2 cm³/mol. The molecule has 0 heterocycles. The van der Waals surface area contributed by atoms with Gasteiger partial charge in [0.25, 0.3) is 0 Å². The number of benzene rings is 2. The molecule has 0 spiro atoms. The average Bonchev–Trinajstić information content (AvgIpc) is 2.50. The summed E-state index contributed by atoms with van der Waals surface area (Å²) in [4.78, 5) is 0. The van der Waals surface area contributed by atoms with E-state index >= 15 is 0 Å². The molecule has 0 aromatic heterocycles. The fourth-order valence-electron chi connectivity index (χ4n) is 1.71. The summed E-state index contributed by atoms with van der Waals surface area (Å²) in [5.74, 6) is -1.50. The fraction of sp³-hybridized carbons (Fsp3) is 0.133. The second-order valence-corrected chi connectivity index (χ2v) is 4.28. The smallest absolute Gasteiger partial charge is 0.387 e. The van der Waals surface area contributed by atoms with E-state index in [-0.39, 0.29) is 17.2 Å². The zero-order valence-corrected chi connectivity index (χ0v) is 11.9. The van der Waals surface area contributed by atoms with Crippen molar-refractivity contribution in [2.45, 2.75) is 6.61 Å². The van der Waals surface area contributed by atoms with Gasteiger partial charge in [-0.25, -0.2) is 8.78 Å². The number of rotatable bonds is 6. The molecule has 0 bridgehead atoms. The summed E-state index contributed by atoms with van der Waals surface area (Å²) in [6, 6.07) is 7.18. The molecule has 0 fully saturated rings. The molecule has 1 N–H and O–H groups in total. The molecular weight excluding hydrogens is 316 g/mol. The van der Waals surface area contributed by atoms with Crippen LogP contribution in [0, 0.1) is 11.6 Å². The van der Waals surface area contributed by atoms with Crippen molar-refractivity contribution in [3.05, 3.63) is 53.6 Å². The van der Waals surface area contributed by atoms with Gasteiger partial charge in [-0.3, -0.25) is 5.43 Å². The Kier molecular flexibility index (Phi) is 5.40. The monoisotopic (exact) mass is 328 g/mol. The number of ether oxygens (including phenoxy) is 2. The molecule has 0 saturated heterocycles. The van der Waals surface area contributed by atoms with E-state index in [2.05, 4.69) is 15.3 Å². The first kappa shape index (κ1) is 16.6. The zero-order valence-electron chi connectivity index (χ0n) is 11.9. The minimum Gasteiger partial charge on any atom is -0.493 e. The van der Waals surface area contributed by atoms with E-state index in [0.717, 1.165) is 12.1 Å². The van der Waals surface area contributed by atoms with E-state index in [1.165, 1.54) is 37.6 Å². The second kappa shape index (κ2) is 7.48. The number of halogens is 4. The molecule has 0 aliphatic heterocycles. The first-order valence-electron chi connectivity index (χ1n) is 6.36. The van der Waals surface area contributed by atoms with Crippen molar-refractivity contribution in [3.63, 3.8) is 0 Å². The summed E-state index contributed by atoms with van der Waals surface area (Å²) in [6.45, 7) is -2.97. The standard InChI is InChI=1S/C15H12F4N2O2/c1-22-14-6-9(2-5-13(14)23-15(18)19)8-20-21-12-4-3-10(16)7-11(12)17/h2-8,15,21H,1H3/b20-8+. The van der Waals surface area contributed by atoms with Crippen LogP contribution in [0.3, 0.4) is 0 Å². The Labute approximate surface area is 129 Å². The lowest BCUT2D eigenvalue weighted by Gasteiger charge is -2.10. The molecule has 0 amide bonds. The van der Waals surface area contributed by atoms with Crippen LogP contribution in [0.5, 0.6) is 11.5 Å². The normalized spacial score (nSPS) is 11.0. The molecule has 0 aliphatic carbocycles. The van der Waals surface area contributed by atoms with Crippen molar-refractivity contribution >= 4 is 11.9 Å². The molecule has 0 atom stereocenters. The average molecular weight is 328 g/mol. The molecule has 122 valence electrons. The SMILES string of the molecule is COc1cc(/C=N/Nc2ccc(F)cc2F)ccc1OC(F)F. The van der Waals surface area contributed by atoms with Gasteiger partial charge in [0, 0.05) is 6.07 Å². The Hall–Kier alpha value is -2.77. The molecule has 0 unspecified atom stereocenters. The van der Waals surface area contributed by atoms with Gasteiger partial charge in [-0.2, -0.15) is 13.9 Å². The Morgan fingerprint density at radius 3 is 2.52 bits per heavy atom. The Balaban J connectivity index is 2.10. The zero-order chi connectivity index (χ0) is 16.8. The molecule has 0 radical (unpaired) electrons. The summed E-state index contributed by atoms with van der Waals surface area (Å²) in [5.41, 5.74) is 2.90. The molecule has 0 saturated carbocycles. The Bertz CT molecular complexity index is 708. The number of methoxy groups -OCH3 is 1. The number of hydrogen-bond donors (Lipinski definition) is 1. The van der Waals surface area contributed by atoms with Gasteiger partial charge < -0.3 is 9.47 Å². The van der Waals surface area contributed by atoms with Crippen LogP contribution in [-0.2, 0) is 0 Å². The van der Waals surface area contributed by atoms with Crippen LogP contribution < -0.4 is 14.9 Å². The quantitative estimate of drug-likeness (QED) is 0.495. The molecule has 2 aromatic carbocycles. The predicted octanol–water partition coefficient (Wildman–Crippen LogP) is 4.02. The van der Waals surface area contributed by atoms with Crippen LogP contribution in [-0.4, -0.2) is 19.9 Å². The molecule has 2 aromatic rings. The first-order valence-corrected chi connectivity index (χ1v) is 6.36. The van der Waals surface area contributed by atoms with E-state index in [0.29, 0.717) is 5.56 Å². The van der Waals surface area contributed by atoms with Crippen LogP contribution in [0.25, 0.3) is 0 Å². The van der Waals surface area contributed by atoms with E-state index in [4.69, 9.17) is 4.74 Å². The van der Waals surface area contributed by atoms with Crippen molar-refractivity contribution in [1.29, 1.82) is 0 Å². The highest BCUT2D eigenvalue weighted by Gasteiger charge is 2.10. The first-order chi connectivity index (χ1) is 11.0. The van der Waals surface area contributed by atoms with Gasteiger partial charge in [0.05, 0.1) is 19.0 Å². The summed E-state index contributed by atoms with van der Waals surface area (Å²) >= 11 is 0. The lowest BCUT2D eigenvalue weighted by atomic mass is 10.2. The fourth-order valence-corrected chi connectivity index (χ4v) is 1.71. The maximum atomic E-state index is 13.4. The number of anilines is 1. The summed E-state index contributed by atoms with van der Waals surface area (Å²) < 4.78 is 59.8. The van der Waals surface area contributed by atoms with E-state index < -0.39 is 18.2 Å². The molecule has 8 heteroatoms. The Morgan fingerprint density at radius 1 is 1.09 bits per heavy atom. The number of nitrogens with one attached hydrogen (secondary N) is 1. The number of hydrogen-bond acceptors (Lipinski definition) is 4. The van der Waals surface area contributed by atoms with Gasteiger partial charge >= 0.3 is 6.61 Å². The largest absolute Gasteiger partial charge is 0.493 e. The maximum Gasteiger partial charge on any atom is 0.387 e. The third-order valence-corrected chi connectivity index (χ3v) is 2.73. The van der Waals surface area contributed by atoms with Crippen molar-refractivity contribution in [1.82, 2.24) is 0 Å². The minimum atomic E-state index is -2.97. The summed E-state index contributed by atoms with van der Waals surface area (Å²) in [7, 11) is 1.31. The minimum absolute atomic E-state index is 0.00716. The van der Waals surface area contributed by atoms with Gasteiger partial charge in [0.2, 0.25) is 0 Å². The molecule has 0 aliphatic rings. The summed E-state index contributed by atoms with van der Waals surface area (Å²) in [5, 5.41) is 3.79. The number of alkyl halides is 2. The van der Waals surface area contributed by atoms with Gasteiger partial charge in [0.1, 0.15) is 5.82 Å².